The quantitative estimate of drug-likeness (QED) is 0.511. The normalized spacial score (nSPS) is 10.6. The molecule has 0 aliphatic rings. The van der Waals surface area contributed by atoms with E-state index in [1.54, 1.807) is 31.4 Å². The number of carbonyl (C=O) groups excluding carboxylic acids is 1. The summed E-state index contributed by atoms with van der Waals surface area (Å²) in [5.74, 6) is 1.52. The van der Waals surface area contributed by atoms with E-state index in [-0.39, 0.29) is 5.91 Å². The van der Waals surface area contributed by atoms with Crippen LogP contribution in [-0.4, -0.2) is 23.2 Å². The van der Waals surface area contributed by atoms with Gasteiger partial charge in [-0.05, 0) is 61.0 Å². The fourth-order valence-corrected chi connectivity index (χ4v) is 3.03. The first-order chi connectivity index (χ1) is 14.6. The summed E-state index contributed by atoms with van der Waals surface area (Å²) in [5, 5.41) is 11.2. The number of rotatable bonds is 6. The van der Waals surface area contributed by atoms with Gasteiger partial charge in [-0.3, -0.25) is 4.79 Å². The predicted molar refractivity (Wildman–Crippen MR) is 114 cm³/mol. The van der Waals surface area contributed by atoms with E-state index in [2.05, 4.69) is 15.5 Å². The largest absolute Gasteiger partial charge is 0.497 e. The first-order valence-corrected chi connectivity index (χ1v) is 9.54. The number of carbonyl (C=O) groups is 1. The SMILES string of the molecule is COc1ccc(CNC(=O)c2ccc(-c3nnc(-c4cccc(C)c4)o3)cc2)cc1. The second-order valence-corrected chi connectivity index (χ2v) is 6.89. The average molecular weight is 399 g/mol. The molecule has 150 valence electrons. The Bertz CT molecular complexity index is 1150. The first-order valence-electron chi connectivity index (χ1n) is 9.54. The van der Waals surface area contributed by atoms with Gasteiger partial charge >= 0.3 is 0 Å². The molecule has 0 spiro atoms. The molecule has 0 bridgehead atoms. The molecule has 0 aliphatic carbocycles. The minimum atomic E-state index is -0.150. The minimum absolute atomic E-state index is 0.150. The molecule has 0 aliphatic heterocycles. The molecule has 4 rings (SSSR count). The van der Waals surface area contributed by atoms with Crippen LogP contribution in [0.5, 0.6) is 5.75 Å². The van der Waals surface area contributed by atoms with E-state index in [1.165, 1.54) is 0 Å². The Hall–Kier alpha value is -3.93. The molecule has 1 amide bonds. The summed E-state index contributed by atoms with van der Waals surface area (Å²) in [6.07, 6.45) is 0. The van der Waals surface area contributed by atoms with Gasteiger partial charge in [-0.1, -0.05) is 29.8 Å². The van der Waals surface area contributed by atoms with Crippen molar-refractivity contribution in [1.82, 2.24) is 15.5 Å². The number of amides is 1. The third kappa shape index (κ3) is 4.38. The predicted octanol–water partition coefficient (Wildman–Crippen LogP) is 4.65. The van der Waals surface area contributed by atoms with E-state index in [0.29, 0.717) is 23.9 Å². The number of hydrogen-bond acceptors (Lipinski definition) is 5. The summed E-state index contributed by atoms with van der Waals surface area (Å²) in [6.45, 7) is 2.45. The number of nitrogens with zero attached hydrogens (tertiary/aromatic N) is 2. The molecule has 0 fully saturated rings. The van der Waals surface area contributed by atoms with Gasteiger partial charge < -0.3 is 14.5 Å². The fraction of sp³-hybridized carbons (Fsp3) is 0.125. The van der Waals surface area contributed by atoms with Gasteiger partial charge in [0.25, 0.3) is 5.91 Å². The third-order valence-corrected chi connectivity index (χ3v) is 4.70. The van der Waals surface area contributed by atoms with Crippen LogP contribution < -0.4 is 10.1 Å². The number of aryl methyl sites for hydroxylation is 1. The monoisotopic (exact) mass is 399 g/mol. The molecular weight excluding hydrogens is 378 g/mol. The molecule has 0 saturated carbocycles. The zero-order chi connectivity index (χ0) is 20.9. The molecule has 6 heteroatoms. The molecule has 1 heterocycles. The Morgan fingerprint density at radius 3 is 2.30 bits per heavy atom. The van der Waals surface area contributed by atoms with E-state index in [9.17, 15) is 4.79 Å². The summed E-state index contributed by atoms with van der Waals surface area (Å²) in [4.78, 5) is 12.4. The van der Waals surface area contributed by atoms with Crippen molar-refractivity contribution in [3.05, 3.63) is 89.5 Å². The van der Waals surface area contributed by atoms with Crippen LogP contribution in [0.3, 0.4) is 0 Å². The summed E-state index contributed by atoms with van der Waals surface area (Å²) in [5.41, 5.74) is 4.31. The number of methoxy groups -OCH3 is 1. The van der Waals surface area contributed by atoms with E-state index in [1.807, 2.05) is 55.5 Å². The minimum Gasteiger partial charge on any atom is -0.497 e. The molecule has 30 heavy (non-hydrogen) atoms. The maximum Gasteiger partial charge on any atom is 0.251 e. The van der Waals surface area contributed by atoms with E-state index in [0.717, 1.165) is 28.0 Å². The van der Waals surface area contributed by atoms with Crippen LogP contribution in [0.25, 0.3) is 22.9 Å². The lowest BCUT2D eigenvalue weighted by Crippen LogP contribution is -2.22. The van der Waals surface area contributed by atoms with Crippen molar-refractivity contribution >= 4 is 5.91 Å². The van der Waals surface area contributed by atoms with E-state index >= 15 is 0 Å². The van der Waals surface area contributed by atoms with Gasteiger partial charge in [0, 0.05) is 23.2 Å². The fourth-order valence-electron chi connectivity index (χ4n) is 3.03. The molecule has 0 unspecified atom stereocenters. The van der Waals surface area contributed by atoms with Gasteiger partial charge in [-0.15, -0.1) is 10.2 Å². The number of ether oxygens (including phenoxy) is 1. The second-order valence-electron chi connectivity index (χ2n) is 6.89. The molecular formula is C24H21N3O3. The Morgan fingerprint density at radius 1 is 0.933 bits per heavy atom. The highest BCUT2D eigenvalue weighted by Crippen LogP contribution is 2.24. The highest BCUT2D eigenvalue weighted by molar-refractivity contribution is 5.94. The maximum atomic E-state index is 12.4. The van der Waals surface area contributed by atoms with Gasteiger partial charge in [-0.2, -0.15) is 0 Å². The summed E-state index contributed by atoms with van der Waals surface area (Å²) in [7, 11) is 1.62. The molecule has 4 aromatic rings. The Balaban J connectivity index is 1.41. The second kappa shape index (κ2) is 8.61. The molecule has 3 aromatic carbocycles. The van der Waals surface area contributed by atoms with Crippen LogP contribution in [0.15, 0.2) is 77.2 Å². The van der Waals surface area contributed by atoms with Crippen LogP contribution in [0, 0.1) is 6.92 Å². The summed E-state index contributed by atoms with van der Waals surface area (Å²) < 4.78 is 10.9. The number of benzene rings is 3. The zero-order valence-corrected chi connectivity index (χ0v) is 16.8. The highest BCUT2D eigenvalue weighted by Gasteiger charge is 2.12. The van der Waals surface area contributed by atoms with Crippen LogP contribution in [0.2, 0.25) is 0 Å². The van der Waals surface area contributed by atoms with Crippen molar-refractivity contribution in [1.29, 1.82) is 0 Å². The van der Waals surface area contributed by atoms with Gasteiger partial charge in [0.2, 0.25) is 11.8 Å². The lowest BCUT2D eigenvalue weighted by Gasteiger charge is -2.07. The summed E-state index contributed by atoms with van der Waals surface area (Å²) >= 11 is 0. The van der Waals surface area contributed by atoms with Gasteiger partial charge in [0.15, 0.2) is 0 Å². The van der Waals surface area contributed by atoms with Crippen LogP contribution in [0.1, 0.15) is 21.5 Å². The lowest BCUT2D eigenvalue weighted by atomic mass is 10.1. The van der Waals surface area contributed by atoms with Gasteiger partial charge in [0.1, 0.15) is 5.75 Å². The zero-order valence-electron chi connectivity index (χ0n) is 16.8. The van der Waals surface area contributed by atoms with Crippen molar-refractivity contribution in [2.45, 2.75) is 13.5 Å². The standard InChI is InChI=1S/C24H21N3O3/c1-16-4-3-5-20(14-16)24-27-26-23(30-24)19-10-8-18(9-11-19)22(28)25-15-17-6-12-21(29-2)13-7-17/h3-14H,15H2,1-2H3,(H,25,28). The van der Waals surface area contributed by atoms with Crippen LogP contribution in [0.4, 0.5) is 0 Å². The third-order valence-electron chi connectivity index (χ3n) is 4.70. The maximum absolute atomic E-state index is 12.4. The number of aromatic nitrogens is 2. The van der Waals surface area contributed by atoms with Crippen LogP contribution in [-0.2, 0) is 6.54 Å². The molecule has 1 aromatic heterocycles. The van der Waals surface area contributed by atoms with Gasteiger partial charge in [0.05, 0.1) is 7.11 Å². The molecule has 0 saturated heterocycles. The summed E-state index contributed by atoms with van der Waals surface area (Å²) in [6, 6.07) is 22.6. The molecule has 1 N–H and O–H groups in total. The van der Waals surface area contributed by atoms with Crippen LogP contribution >= 0.6 is 0 Å². The smallest absolute Gasteiger partial charge is 0.251 e. The Labute approximate surface area is 174 Å². The number of nitrogens with one attached hydrogen (secondary N) is 1. The van der Waals surface area contributed by atoms with E-state index in [4.69, 9.17) is 9.15 Å². The number of hydrogen-bond donors (Lipinski definition) is 1. The van der Waals surface area contributed by atoms with Crippen molar-refractivity contribution in [2.24, 2.45) is 0 Å². The molecule has 0 atom stereocenters. The van der Waals surface area contributed by atoms with Gasteiger partial charge in [-0.25, -0.2) is 0 Å². The van der Waals surface area contributed by atoms with Crippen molar-refractivity contribution in [2.75, 3.05) is 7.11 Å². The van der Waals surface area contributed by atoms with E-state index < -0.39 is 0 Å². The molecule has 0 radical (unpaired) electrons. The van der Waals surface area contributed by atoms with Crippen molar-refractivity contribution in [3.8, 4) is 28.7 Å². The average Bonchev–Trinajstić information content (AvgIpc) is 3.28. The highest BCUT2D eigenvalue weighted by atomic mass is 16.5. The van der Waals surface area contributed by atoms with Crippen molar-refractivity contribution in [3.63, 3.8) is 0 Å². The Morgan fingerprint density at radius 2 is 1.63 bits per heavy atom. The molecule has 6 nitrogen and oxygen atoms in total. The Kier molecular flexibility index (Phi) is 5.57. The topological polar surface area (TPSA) is 77.2 Å². The lowest BCUT2D eigenvalue weighted by molar-refractivity contribution is 0.0951. The van der Waals surface area contributed by atoms with Crippen molar-refractivity contribution < 1.29 is 13.9 Å². The first kappa shape index (κ1) is 19.4.